The molecule has 3 heterocycles. The maximum atomic E-state index is 13.1. The first-order valence-corrected chi connectivity index (χ1v) is 13.9. The van der Waals surface area contributed by atoms with Crippen LogP contribution in [0.4, 0.5) is 35.2 Å². The van der Waals surface area contributed by atoms with Gasteiger partial charge < -0.3 is 24.8 Å². The highest BCUT2D eigenvalue weighted by Crippen LogP contribution is 2.32. The molecule has 240 valence electrons. The van der Waals surface area contributed by atoms with Crippen molar-refractivity contribution in [1.82, 2.24) is 14.9 Å². The van der Waals surface area contributed by atoms with E-state index in [1.807, 2.05) is 4.90 Å². The molecule has 0 radical (unpaired) electrons. The standard InChI is InChI=1S/C30H33F3N6O6/c1-18(39-11-13-43-14-12-39)26(40)37-23-15-19(5-9-24(23)44-30(31,32)33)27(41)36-21-7-8-22(34-17-21)20-6-10-25(35-16-20)38-28(42)45-29(2,3)4/h5-10,15-18H,11-14H2,1-4H3,(H,36,41)(H,37,40)(H,35,38,42). The Morgan fingerprint density at radius 2 is 1.67 bits per heavy atom. The molecule has 3 amide bonds. The summed E-state index contributed by atoms with van der Waals surface area (Å²) in [6.45, 7) is 8.71. The summed E-state index contributed by atoms with van der Waals surface area (Å²) in [7, 11) is 0. The topological polar surface area (TPSA) is 144 Å². The molecule has 3 N–H and O–H groups in total. The van der Waals surface area contributed by atoms with Gasteiger partial charge in [-0.1, -0.05) is 0 Å². The molecule has 1 aliphatic rings. The summed E-state index contributed by atoms with van der Waals surface area (Å²) < 4.78 is 53.8. The summed E-state index contributed by atoms with van der Waals surface area (Å²) in [5.74, 6) is -1.59. The van der Waals surface area contributed by atoms with Crippen molar-refractivity contribution >= 4 is 35.1 Å². The maximum absolute atomic E-state index is 13.1. The summed E-state index contributed by atoms with van der Waals surface area (Å²) in [4.78, 5) is 48.2. The van der Waals surface area contributed by atoms with Gasteiger partial charge in [0.15, 0.2) is 5.75 Å². The highest BCUT2D eigenvalue weighted by Gasteiger charge is 2.33. The van der Waals surface area contributed by atoms with E-state index in [-0.39, 0.29) is 17.1 Å². The lowest BCUT2D eigenvalue weighted by Gasteiger charge is -2.31. The third-order valence-corrected chi connectivity index (χ3v) is 6.41. The smallest absolute Gasteiger partial charge is 0.444 e. The molecule has 3 aromatic rings. The SMILES string of the molecule is CC(C(=O)Nc1cc(C(=O)Nc2ccc(-c3ccc(NC(=O)OC(C)(C)C)nc3)nc2)ccc1OC(F)(F)F)N1CCOCC1. The zero-order valence-corrected chi connectivity index (χ0v) is 25.0. The number of anilines is 3. The van der Waals surface area contributed by atoms with Crippen LogP contribution >= 0.6 is 0 Å². The number of nitrogens with zero attached hydrogens (tertiary/aromatic N) is 3. The fourth-order valence-corrected chi connectivity index (χ4v) is 4.22. The van der Waals surface area contributed by atoms with Crippen LogP contribution in [0.1, 0.15) is 38.1 Å². The van der Waals surface area contributed by atoms with Crippen LogP contribution in [-0.2, 0) is 14.3 Å². The van der Waals surface area contributed by atoms with Gasteiger partial charge in [-0.3, -0.25) is 24.8 Å². The number of hydrogen-bond acceptors (Lipinski definition) is 9. The molecule has 1 fully saturated rings. The average Bonchev–Trinajstić information content (AvgIpc) is 2.97. The van der Waals surface area contributed by atoms with Crippen LogP contribution in [0.15, 0.2) is 54.9 Å². The number of aromatic nitrogens is 2. The van der Waals surface area contributed by atoms with Crippen LogP contribution < -0.4 is 20.7 Å². The molecule has 0 bridgehead atoms. The molecule has 1 aromatic carbocycles. The number of halogens is 3. The van der Waals surface area contributed by atoms with E-state index >= 15 is 0 Å². The van der Waals surface area contributed by atoms with Crippen LogP contribution in [0.5, 0.6) is 5.75 Å². The van der Waals surface area contributed by atoms with E-state index in [1.165, 1.54) is 12.4 Å². The molecule has 12 nitrogen and oxygen atoms in total. The predicted molar refractivity (Wildman–Crippen MR) is 159 cm³/mol. The zero-order valence-electron chi connectivity index (χ0n) is 25.0. The number of amides is 3. The fraction of sp³-hybridized carbons (Fsp3) is 0.367. The molecular formula is C30H33F3N6O6. The molecule has 1 unspecified atom stereocenters. The van der Waals surface area contributed by atoms with E-state index in [9.17, 15) is 27.6 Å². The number of pyridine rings is 2. The van der Waals surface area contributed by atoms with Crippen LogP contribution in [0, 0.1) is 0 Å². The first kappa shape index (κ1) is 33.1. The lowest BCUT2D eigenvalue weighted by molar-refractivity contribution is -0.274. The van der Waals surface area contributed by atoms with Gasteiger partial charge in [0.25, 0.3) is 5.91 Å². The van der Waals surface area contributed by atoms with Crippen molar-refractivity contribution in [2.24, 2.45) is 0 Å². The third kappa shape index (κ3) is 9.87. The molecule has 0 saturated carbocycles. The van der Waals surface area contributed by atoms with Crippen LogP contribution in [-0.4, -0.2) is 77.1 Å². The minimum absolute atomic E-state index is 0.0276. The van der Waals surface area contributed by atoms with Crippen molar-refractivity contribution in [3.8, 4) is 17.0 Å². The summed E-state index contributed by atoms with van der Waals surface area (Å²) >= 11 is 0. The Kier molecular flexibility index (Phi) is 10.2. The Hall–Kier alpha value is -4.76. The number of nitrogens with one attached hydrogen (secondary N) is 3. The molecule has 1 aliphatic heterocycles. The number of carbonyl (C=O) groups excluding carboxylic acids is 3. The predicted octanol–water partition coefficient (Wildman–Crippen LogP) is 5.30. The molecule has 2 aromatic heterocycles. The zero-order chi connectivity index (χ0) is 32.8. The van der Waals surface area contributed by atoms with Crippen LogP contribution in [0.2, 0.25) is 0 Å². The lowest BCUT2D eigenvalue weighted by Crippen LogP contribution is -2.47. The highest BCUT2D eigenvalue weighted by atomic mass is 19.4. The van der Waals surface area contributed by atoms with Gasteiger partial charge >= 0.3 is 12.5 Å². The number of carbonyl (C=O) groups is 3. The monoisotopic (exact) mass is 630 g/mol. The number of rotatable bonds is 8. The average molecular weight is 631 g/mol. The minimum Gasteiger partial charge on any atom is -0.444 e. The van der Waals surface area contributed by atoms with E-state index in [0.717, 1.165) is 18.2 Å². The third-order valence-electron chi connectivity index (χ3n) is 6.41. The number of benzene rings is 1. The van der Waals surface area contributed by atoms with Crippen LogP contribution in [0.25, 0.3) is 11.3 Å². The normalized spacial score (nSPS) is 14.6. The largest absolute Gasteiger partial charge is 0.573 e. The second-order valence-electron chi connectivity index (χ2n) is 11.0. The molecular weight excluding hydrogens is 597 g/mol. The molecule has 45 heavy (non-hydrogen) atoms. The van der Waals surface area contributed by atoms with Crippen molar-refractivity contribution in [2.75, 3.05) is 42.3 Å². The van der Waals surface area contributed by atoms with E-state index in [2.05, 4.69) is 30.7 Å². The Morgan fingerprint density at radius 3 is 2.27 bits per heavy atom. The Labute approximate surface area is 257 Å². The van der Waals surface area contributed by atoms with Gasteiger partial charge in [0, 0.05) is 30.4 Å². The Bertz CT molecular complexity index is 1500. The van der Waals surface area contributed by atoms with Crippen LogP contribution in [0.3, 0.4) is 0 Å². The number of ether oxygens (including phenoxy) is 3. The van der Waals surface area contributed by atoms with Gasteiger partial charge in [-0.2, -0.15) is 0 Å². The molecule has 4 rings (SSSR count). The van der Waals surface area contributed by atoms with Crippen molar-refractivity contribution in [3.63, 3.8) is 0 Å². The van der Waals surface area contributed by atoms with Crippen molar-refractivity contribution in [3.05, 3.63) is 60.4 Å². The van der Waals surface area contributed by atoms with Gasteiger partial charge in [0.1, 0.15) is 11.4 Å². The van der Waals surface area contributed by atoms with Crippen molar-refractivity contribution in [2.45, 2.75) is 45.7 Å². The number of morpholine rings is 1. The number of hydrogen-bond donors (Lipinski definition) is 3. The van der Waals surface area contributed by atoms with Gasteiger partial charge in [-0.15, -0.1) is 13.2 Å². The maximum Gasteiger partial charge on any atom is 0.573 e. The Morgan fingerprint density at radius 1 is 0.933 bits per heavy atom. The summed E-state index contributed by atoms with van der Waals surface area (Å²) in [5.41, 5.74) is 0.473. The van der Waals surface area contributed by atoms with Gasteiger partial charge in [-0.25, -0.2) is 9.78 Å². The first-order valence-electron chi connectivity index (χ1n) is 13.9. The molecule has 15 heteroatoms. The molecule has 1 atom stereocenters. The second-order valence-corrected chi connectivity index (χ2v) is 11.0. The Balaban J connectivity index is 1.43. The fourth-order valence-electron chi connectivity index (χ4n) is 4.22. The molecule has 0 aliphatic carbocycles. The highest BCUT2D eigenvalue weighted by molar-refractivity contribution is 6.06. The molecule has 1 saturated heterocycles. The van der Waals surface area contributed by atoms with Gasteiger partial charge in [0.2, 0.25) is 5.91 Å². The first-order chi connectivity index (χ1) is 21.2. The van der Waals surface area contributed by atoms with Crippen molar-refractivity contribution in [1.29, 1.82) is 0 Å². The van der Waals surface area contributed by atoms with E-state index in [1.54, 1.807) is 52.0 Å². The summed E-state index contributed by atoms with van der Waals surface area (Å²) in [6.07, 6.45) is -2.75. The lowest BCUT2D eigenvalue weighted by atomic mass is 10.1. The number of alkyl halides is 3. The van der Waals surface area contributed by atoms with Gasteiger partial charge in [0.05, 0.1) is 42.5 Å². The minimum atomic E-state index is -5.02. The van der Waals surface area contributed by atoms with E-state index in [0.29, 0.717) is 43.2 Å². The summed E-state index contributed by atoms with van der Waals surface area (Å²) in [5, 5.41) is 7.64. The van der Waals surface area contributed by atoms with E-state index < -0.39 is 41.7 Å². The van der Waals surface area contributed by atoms with Gasteiger partial charge in [-0.05, 0) is 70.2 Å². The second kappa shape index (κ2) is 13.9. The van der Waals surface area contributed by atoms with Crippen molar-refractivity contribution < 1.29 is 41.8 Å². The quantitative estimate of drug-likeness (QED) is 0.302. The van der Waals surface area contributed by atoms with E-state index in [4.69, 9.17) is 9.47 Å². The molecule has 0 spiro atoms. The summed E-state index contributed by atoms with van der Waals surface area (Å²) in [6, 6.07) is 9.06.